The molecule has 2 aromatic heterocycles. The molecule has 1 aliphatic heterocycles. The first-order chi connectivity index (χ1) is 13.5. The fourth-order valence-corrected chi connectivity index (χ4v) is 3.18. The Kier molecular flexibility index (Phi) is 4.87. The zero-order chi connectivity index (χ0) is 19.7. The van der Waals surface area contributed by atoms with E-state index in [2.05, 4.69) is 15.3 Å². The quantitative estimate of drug-likeness (QED) is 0.749. The first-order valence-electron chi connectivity index (χ1n) is 8.88. The number of pyridine rings is 2. The van der Waals surface area contributed by atoms with Crippen LogP contribution in [0.3, 0.4) is 0 Å². The highest BCUT2D eigenvalue weighted by atomic mass is 19.1. The summed E-state index contributed by atoms with van der Waals surface area (Å²) in [7, 11) is 0. The van der Waals surface area contributed by atoms with Gasteiger partial charge in [-0.2, -0.15) is 0 Å². The smallest absolute Gasteiger partial charge is 0.257 e. The molecule has 0 radical (unpaired) electrons. The molecule has 8 heteroatoms. The van der Waals surface area contributed by atoms with Gasteiger partial charge in [-0.3, -0.25) is 4.79 Å². The Labute approximate surface area is 160 Å². The maximum absolute atomic E-state index is 13.7. The molecule has 0 spiro atoms. The van der Waals surface area contributed by atoms with Crippen molar-refractivity contribution in [1.29, 1.82) is 0 Å². The molecule has 1 amide bonds. The van der Waals surface area contributed by atoms with Crippen LogP contribution in [0.1, 0.15) is 16.1 Å². The predicted octanol–water partition coefficient (Wildman–Crippen LogP) is 3.43. The summed E-state index contributed by atoms with van der Waals surface area (Å²) in [6, 6.07) is 6.71. The third-order valence-electron chi connectivity index (χ3n) is 4.53. The number of fused-ring (bicyclic) bond motifs is 1. The highest BCUT2D eigenvalue weighted by Gasteiger charge is 2.23. The van der Waals surface area contributed by atoms with Gasteiger partial charge in [0.25, 0.3) is 5.91 Å². The molecule has 0 atom stereocenters. The maximum Gasteiger partial charge on any atom is 0.257 e. The fraction of sp³-hybridized carbons (Fsp3) is 0.250. The van der Waals surface area contributed by atoms with Crippen LogP contribution in [-0.4, -0.2) is 47.1 Å². The van der Waals surface area contributed by atoms with E-state index in [-0.39, 0.29) is 11.6 Å². The number of morpholine rings is 1. The lowest BCUT2D eigenvalue weighted by molar-refractivity contribution is 0.0303. The number of ether oxygens (including phenoxy) is 1. The Morgan fingerprint density at radius 3 is 2.57 bits per heavy atom. The number of benzene rings is 1. The molecule has 0 bridgehead atoms. The molecule has 1 fully saturated rings. The number of carbonyl (C=O) groups is 1. The minimum Gasteiger partial charge on any atom is -0.378 e. The molecule has 4 rings (SSSR count). The van der Waals surface area contributed by atoms with Crippen LogP contribution in [0.5, 0.6) is 0 Å². The van der Waals surface area contributed by atoms with Gasteiger partial charge in [0.15, 0.2) is 5.65 Å². The lowest BCUT2D eigenvalue weighted by Gasteiger charge is -2.27. The number of carbonyl (C=O) groups excluding carboxylic acids is 1. The van der Waals surface area contributed by atoms with Crippen LogP contribution in [0.4, 0.5) is 20.2 Å². The van der Waals surface area contributed by atoms with Gasteiger partial charge in [0.05, 0.1) is 24.5 Å². The van der Waals surface area contributed by atoms with Crippen molar-refractivity contribution >= 4 is 28.3 Å². The van der Waals surface area contributed by atoms with Crippen LogP contribution in [0.2, 0.25) is 0 Å². The van der Waals surface area contributed by atoms with Gasteiger partial charge in [0.2, 0.25) is 0 Å². The predicted molar refractivity (Wildman–Crippen MR) is 101 cm³/mol. The van der Waals surface area contributed by atoms with Crippen molar-refractivity contribution in [1.82, 2.24) is 14.9 Å². The molecule has 0 unspecified atom stereocenters. The highest BCUT2D eigenvalue weighted by molar-refractivity contribution is 6.07. The minimum absolute atomic E-state index is 0.196. The van der Waals surface area contributed by atoms with Gasteiger partial charge in [-0.15, -0.1) is 0 Å². The number of anilines is 2. The van der Waals surface area contributed by atoms with Crippen LogP contribution < -0.4 is 5.32 Å². The summed E-state index contributed by atoms with van der Waals surface area (Å²) in [5, 5.41) is 3.59. The first kappa shape index (κ1) is 18.2. The van der Waals surface area contributed by atoms with Crippen molar-refractivity contribution < 1.29 is 18.3 Å². The van der Waals surface area contributed by atoms with E-state index in [1.54, 1.807) is 17.0 Å². The number of halogens is 2. The third kappa shape index (κ3) is 3.63. The molecule has 3 heterocycles. The number of aromatic nitrogens is 2. The standard InChI is InChI=1S/C20H18F2N4O2/c1-12-2-3-16-18(25-15-9-13(21)8-14(22)10-15)17(11-23-19(16)24-12)20(27)26-4-6-28-7-5-26/h2-3,8-11H,4-7H2,1H3,(H,23,24,25). The number of nitrogens with zero attached hydrogens (tertiary/aromatic N) is 3. The molecule has 6 nitrogen and oxygen atoms in total. The van der Waals surface area contributed by atoms with Crippen molar-refractivity contribution in [2.24, 2.45) is 0 Å². The Balaban J connectivity index is 1.83. The molecule has 28 heavy (non-hydrogen) atoms. The van der Waals surface area contributed by atoms with E-state index in [0.717, 1.165) is 11.8 Å². The summed E-state index contributed by atoms with van der Waals surface area (Å²) in [5.41, 5.74) is 2.14. The first-order valence-corrected chi connectivity index (χ1v) is 8.88. The van der Waals surface area contributed by atoms with Crippen molar-refractivity contribution in [3.05, 3.63) is 59.4 Å². The van der Waals surface area contributed by atoms with Gasteiger partial charge in [0.1, 0.15) is 11.6 Å². The zero-order valence-corrected chi connectivity index (χ0v) is 15.2. The van der Waals surface area contributed by atoms with E-state index in [9.17, 15) is 13.6 Å². The normalized spacial score (nSPS) is 14.3. The van der Waals surface area contributed by atoms with Gasteiger partial charge < -0.3 is 15.0 Å². The van der Waals surface area contributed by atoms with E-state index in [4.69, 9.17) is 4.74 Å². The average Bonchev–Trinajstić information content (AvgIpc) is 2.67. The topological polar surface area (TPSA) is 67.4 Å². The molecule has 1 aliphatic rings. The van der Waals surface area contributed by atoms with E-state index in [1.165, 1.54) is 18.3 Å². The minimum atomic E-state index is -0.712. The van der Waals surface area contributed by atoms with Gasteiger partial charge >= 0.3 is 0 Å². The van der Waals surface area contributed by atoms with E-state index in [0.29, 0.717) is 48.6 Å². The Morgan fingerprint density at radius 1 is 1.14 bits per heavy atom. The molecule has 0 saturated carbocycles. The van der Waals surface area contributed by atoms with Gasteiger partial charge in [0, 0.05) is 42.1 Å². The Morgan fingerprint density at radius 2 is 1.86 bits per heavy atom. The maximum atomic E-state index is 13.7. The van der Waals surface area contributed by atoms with Gasteiger partial charge in [-0.1, -0.05) is 0 Å². The number of hydrogen-bond acceptors (Lipinski definition) is 5. The second-order valence-electron chi connectivity index (χ2n) is 6.56. The van der Waals surface area contributed by atoms with Crippen LogP contribution in [-0.2, 0) is 4.74 Å². The lowest BCUT2D eigenvalue weighted by atomic mass is 10.1. The number of amides is 1. The SMILES string of the molecule is Cc1ccc2c(Nc3cc(F)cc(F)c3)c(C(=O)N3CCOCC3)cnc2n1. The molecular formula is C20H18F2N4O2. The van der Waals surface area contributed by atoms with Gasteiger partial charge in [-0.05, 0) is 31.2 Å². The Hall–Kier alpha value is -3.13. The van der Waals surface area contributed by atoms with Crippen LogP contribution in [0, 0.1) is 18.6 Å². The Bertz CT molecular complexity index is 1030. The number of hydrogen-bond donors (Lipinski definition) is 1. The van der Waals surface area contributed by atoms with E-state index >= 15 is 0 Å². The molecule has 1 saturated heterocycles. The molecule has 0 aliphatic carbocycles. The fourth-order valence-electron chi connectivity index (χ4n) is 3.18. The summed E-state index contributed by atoms with van der Waals surface area (Å²) >= 11 is 0. The molecule has 144 valence electrons. The highest BCUT2D eigenvalue weighted by Crippen LogP contribution is 2.30. The van der Waals surface area contributed by atoms with E-state index in [1.807, 2.05) is 6.92 Å². The number of rotatable bonds is 3. The lowest BCUT2D eigenvalue weighted by Crippen LogP contribution is -2.41. The number of aryl methyl sites for hydroxylation is 1. The summed E-state index contributed by atoms with van der Waals surface area (Å²) < 4.78 is 32.6. The van der Waals surface area contributed by atoms with E-state index < -0.39 is 11.6 Å². The summed E-state index contributed by atoms with van der Waals surface area (Å²) in [4.78, 5) is 23.4. The summed E-state index contributed by atoms with van der Waals surface area (Å²) in [6.45, 7) is 3.70. The van der Waals surface area contributed by atoms with Crippen molar-refractivity contribution in [3.8, 4) is 0 Å². The second kappa shape index (κ2) is 7.47. The monoisotopic (exact) mass is 384 g/mol. The third-order valence-corrected chi connectivity index (χ3v) is 4.53. The van der Waals surface area contributed by atoms with Crippen LogP contribution in [0.25, 0.3) is 11.0 Å². The molecule has 1 N–H and O–H groups in total. The van der Waals surface area contributed by atoms with Gasteiger partial charge in [-0.25, -0.2) is 18.7 Å². The van der Waals surface area contributed by atoms with Crippen LogP contribution in [0.15, 0.2) is 36.5 Å². The molecule has 3 aromatic rings. The van der Waals surface area contributed by atoms with Crippen molar-refractivity contribution in [2.45, 2.75) is 6.92 Å². The number of nitrogens with one attached hydrogen (secondary N) is 1. The summed E-state index contributed by atoms with van der Waals surface area (Å²) in [6.07, 6.45) is 1.45. The van der Waals surface area contributed by atoms with Crippen molar-refractivity contribution in [3.63, 3.8) is 0 Å². The summed E-state index contributed by atoms with van der Waals surface area (Å²) in [5.74, 6) is -1.65. The second-order valence-corrected chi connectivity index (χ2v) is 6.56. The molecular weight excluding hydrogens is 366 g/mol. The largest absolute Gasteiger partial charge is 0.378 e. The van der Waals surface area contributed by atoms with Crippen molar-refractivity contribution in [2.75, 3.05) is 31.6 Å². The molecule has 1 aromatic carbocycles. The zero-order valence-electron chi connectivity index (χ0n) is 15.2. The van der Waals surface area contributed by atoms with Crippen LogP contribution >= 0.6 is 0 Å². The average molecular weight is 384 g/mol.